The van der Waals surface area contributed by atoms with Gasteiger partial charge in [0, 0.05) is 38.8 Å². The van der Waals surface area contributed by atoms with Crippen molar-refractivity contribution in [3.63, 3.8) is 0 Å². The van der Waals surface area contributed by atoms with Gasteiger partial charge in [-0.3, -0.25) is 0 Å². The van der Waals surface area contributed by atoms with Crippen LogP contribution in [0.4, 0.5) is 13.2 Å². The van der Waals surface area contributed by atoms with Gasteiger partial charge in [0.15, 0.2) is 6.61 Å². The van der Waals surface area contributed by atoms with Gasteiger partial charge in [-0.2, -0.15) is 13.2 Å². The monoisotopic (exact) mass is 593 g/mol. The van der Waals surface area contributed by atoms with Gasteiger partial charge in [0.2, 0.25) is 0 Å². The summed E-state index contributed by atoms with van der Waals surface area (Å²) in [6.45, 7) is 6.30. The Morgan fingerprint density at radius 1 is 1.16 bits per heavy atom. The highest BCUT2D eigenvalue weighted by Gasteiger charge is 2.40. The van der Waals surface area contributed by atoms with E-state index >= 15 is 0 Å². The minimum atomic E-state index is -4.66. The van der Waals surface area contributed by atoms with E-state index in [1.54, 1.807) is 17.3 Å². The van der Waals surface area contributed by atoms with Crippen LogP contribution in [0.1, 0.15) is 31.4 Å². The summed E-state index contributed by atoms with van der Waals surface area (Å²) in [6, 6.07) is 9.85. The van der Waals surface area contributed by atoms with Crippen LogP contribution in [-0.4, -0.2) is 46.5 Å². The summed E-state index contributed by atoms with van der Waals surface area (Å²) in [5, 5.41) is 0.169. The number of ether oxygens (including phenoxy) is 2. The van der Waals surface area contributed by atoms with Gasteiger partial charge in [-0.05, 0) is 62.2 Å². The smallest absolute Gasteiger partial charge is 0.419 e. The highest BCUT2D eigenvalue weighted by molar-refractivity contribution is 7.99. The van der Waals surface area contributed by atoms with Crippen molar-refractivity contribution in [2.24, 2.45) is 0 Å². The van der Waals surface area contributed by atoms with E-state index in [-0.39, 0.29) is 27.8 Å². The molecule has 0 spiro atoms. The van der Waals surface area contributed by atoms with Crippen LogP contribution in [0.3, 0.4) is 0 Å². The van der Waals surface area contributed by atoms with E-state index in [4.69, 9.17) is 21.1 Å². The third-order valence-electron chi connectivity index (χ3n) is 5.17. The zero-order chi connectivity index (χ0) is 27.2. The number of rotatable bonds is 12. The molecule has 0 radical (unpaired) electrons. The number of aryl methyl sites for hydroxylation is 1. The quantitative estimate of drug-likeness (QED) is 0.162. The fraction of sp³-hybridized carbons (Fsp3) is 0.400. The Morgan fingerprint density at radius 2 is 1.92 bits per heavy atom. The van der Waals surface area contributed by atoms with Gasteiger partial charge in [0.1, 0.15) is 20.9 Å². The van der Waals surface area contributed by atoms with Gasteiger partial charge in [0.05, 0.1) is 12.2 Å². The second kappa shape index (κ2) is 13.3. The van der Waals surface area contributed by atoms with Crippen LogP contribution in [0, 0.1) is 6.92 Å². The van der Waals surface area contributed by atoms with E-state index in [1.807, 2.05) is 26.0 Å². The molecule has 0 aliphatic carbocycles. The average molecular weight is 594 g/mol. The number of hydrogen-bond donors (Lipinski definition) is 0. The molecule has 0 aliphatic rings. The first-order valence-electron chi connectivity index (χ1n) is 11.5. The summed E-state index contributed by atoms with van der Waals surface area (Å²) in [7, 11) is -1.98. The molecule has 0 amide bonds. The van der Waals surface area contributed by atoms with Gasteiger partial charge >= 0.3 is 12.1 Å². The van der Waals surface area contributed by atoms with Crippen LogP contribution in [0.15, 0.2) is 45.5 Å². The normalized spacial score (nSPS) is 12.8. The van der Waals surface area contributed by atoms with E-state index in [0.717, 1.165) is 21.8 Å². The first-order chi connectivity index (χ1) is 17.5. The molecule has 3 aromatic rings. The van der Waals surface area contributed by atoms with Crippen molar-refractivity contribution in [1.29, 1.82) is 0 Å². The van der Waals surface area contributed by atoms with Crippen LogP contribution in [-0.2, 0) is 26.7 Å². The number of hydrogen-bond acceptors (Lipinski definition) is 6. The Hall–Kier alpha value is -1.79. The Kier molecular flexibility index (Phi) is 10.7. The Bertz CT molecular complexity index is 1270. The third kappa shape index (κ3) is 7.86. The summed E-state index contributed by atoms with van der Waals surface area (Å²) < 4.78 is 67.6. The molecule has 5 nitrogen and oxygen atoms in total. The molecule has 0 saturated carbocycles. The first-order valence-corrected chi connectivity index (χ1v) is 14.8. The van der Waals surface area contributed by atoms with E-state index in [2.05, 4.69) is 0 Å². The van der Waals surface area contributed by atoms with Crippen LogP contribution in [0.25, 0.3) is 10.1 Å². The van der Waals surface area contributed by atoms with E-state index in [9.17, 15) is 22.2 Å². The summed E-state index contributed by atoms with van der Waals surface area (Å²) in [5.41, 5.74) is -0.0434. The predicted molar refractivity (Wildman–Crippen MR) is 144 cm³/mol. The Labute approximate surface area is 229 Å². The van der Waals surface area contributed by atoms with Gasteiger partial charge in [-0.25, -0.2) is 13.3 Å². The summed E-state index contributed by atoms with van der Waals surface area (Å²) in [6.07, 6.45) is -4.02. The number of nitrogens with zero attached hydrogens (tertiary/aromatic N) is 1. The molecule has 0 bridgehead atoms. The molecular weight excluding hydrogens is 567 g/mol. The number of alkyl halides is 3. The second-order valence-electron chi connectivity index (χ2n) is 7.95. The lowest BCUT2D eigenvalue weighted by molar-refractivity contribution is -0.145. The second-order valence-corrected chi connectivity index (χ2v) is 12.3. The molecule has 0 fully saturated rings. The summed E-state index contributed by atoms with van der Waals surface area (Å²) >= 11 is 8.34. The molecule has 1 heterocycles. The van der Waals surface area contributed by atoms with E-state index in [0.29, 0.717) is 35.7 Å². The number of esters is 1. The predicted octanol–water partition coefficient (Wildman–Crippen LogP) is 7.35. The number of carbonyl (C=O) groups is 1. The fourth-order valence-electron chi connectivity index (χ4n) is 3.56. The van der Waals surface area contributed by atoms with Crippen LogP contribution >= 0.6 is 34.7 Å². The Morgan fingerprint density at radius 3 is 2.57 bits per heavy atom. The summed E-state index contributed by atoms with van der Waals surface area (Å²) in [5.74, 6) is 0.641. The lowest BCUT2D eigenvalue weighted by Crippen LogP contribution is -2.30. The third-order valence-corrected chi connectivity index (χ3v) is 9.38. The largest absolute Gasteiger partial charge is 0.482 e. The van der Waals surface area contributed by atoms with Crippen molar-refractivity contribution < 1.29 is 31.6 Å². The van der Waals surface area contributed by atoms with Crippen molar-refractivity contribution >= 4 is 61.7 Å². The van der Waals surface area contributed by atoms with Crippen LogP contribution < -0.4 is 4.74 Å². The SMILES string of the molecule is CCCN(CCSc1ccc(OCC(=O)OCC)c(C)c1)S(=O)c1sc2ccc(Cl)cc2c1C(F)(F)F. The van der Waals surface area contributed by atoms with Crippen molar-refractivity contribution in [2.75, 3.05) is 32.1 Å². The van der Waals surface area contributed by atoms with E-state index in [1.165, 1.54) is 30.0 Å². The highest BCUT2D eigenvalue weighted by atomic mass is 35.5. The maximum atomic E-state index is 14.0. The maximum absolute atomic E-state index is 14.0. The molecule has 1 aromatic heterocycles. The zero-order valence-electron chi connectivity index (χ0n) is 20.5. The molecule has 2 aromatic carbocycles. The van der Waals surface area contributed by atoms with Gasteiger partial charge in [-0.15, -0.1) is 23.1 Å². The van der Waals surface area contributed by atoms with Crippen molar-refractivity contribution in [1.82, 2.24) is 4.31 Å². The lowest BCUT2D eigenvalue weighted by Gasteiger charge is -2.21. The van der Waals surface area contributed by atoms with Crippen LogP contribution in [0.2, 0.25) is 5.02 Å². The summed E-state index contributed by atoms with van der Waals surface area (Å²) in [4.78, 5) is 12.4. The van der Waals surface area contributed by atoms with Gasteiger partial charge in [-0.1, -0.05) is 18.5 Å². The molecule has 0 aliphatic heterocycles. The molecule has 202 valence electrons. The number of fused-ring (bicyclic) bond motifs is 1. The Balaban J connectivity index is 1.71. The van der Waals surface area contributed by atoms with Gasteiger partial charge in [0.25, 0.3) is 0 Å². The highest BCUT2D eigenvalue weighted by Crippen LogP contribution is 2.45. The number of carbonyl (C=O) groups excluding carboxylic acids is 1. The molecule has 1 atom stereocenters. The molecule has 0 N–H and O–H groups in total. The molecule has 3 rings (SSSR count). The van der Waals surface area contributed by atoms with Gasteiger partial charge < -0.3 is 9.47 Å². The van der Waals surface area contributed by atoms with E-state index < -0.39 is 28.7 Å². The molecule has 37 heavy (non-hydrogen) atoms. The average Bonchev–Trinajstić information content (AvgIpc) is 3.22. The van der Waals surface area contributed by atoms with Crippen molar-refractivity contribution in [2.45, 2.75) is 42.5 Å². The standard InChI is InChI=1S/C25H27ClF3NO4S3/c1-4-10-30(11-12-35-18-7-8-20(16(3)13-18)34-15-22(31)33-5-2)37(32)24-23(25(27,28)29)19-14-17(26)6-9-21(19)36-24/h6-9,13-14H,4-5,10-12,15H2,1-3H3. The molecule has 1 unspecified atom stereocenters. The minimum Gasteiger partial charge on any atom is -0.482 e. The van der Waals surface area contributed by atoms with Crippen molar-refractivity contribution in [3.05, 3.63) is 52.5 Å². The van der Waals surface area contributed by atoms with Crippen molar-refractivity contribution in [3.8, 4) is 5.75 Å². The molecule has 12 heteroatoms. The molecular formula is C25H27ClF3NO4S3. The number of benzene rings is 2. The first kappa shape index (κ1) is 29.8. The minimum absolute atomic E-state index is 0.0279. The fourth-order valence-corrected chi connectivity index (χ4v) is 7.87. The number of halogens is 4. The lowest BCUT2D eigenvalue weighted by atomic mass is 10.2. The van der Waals surface area contributed by atoms with Crippen LogP contribution in [0.5, 0.6) is 5.75 Å². The topological polar surface area (TPSA) is 55.8 Å². The zero-order valence-corrected chi connectivity index (χ0v) is 23.7. The molecule has 0 saturated heterocycles. The maximum Gasteiger partial charge on any atom is 0.419 e. The number of thiophene rings is 1. The number of thioether (sulfide) groups is 1.